The second-order valence-electron chi connectivity index (χ2n) is 7.30. The Kier molecular flexibility index (Phi) is 4.80. The topological polar surface area (TPSA) is 116 Å². The smallest absolute Gasteiger partial charge is 0.265 e. The van der Waals surface area contributed by atoms with Gasteiger partial charge in [0.15, 0.2) is 0 Å². The molecule has 29 heavy (non-hydrogen) atoms. The van der Waals surface area contributed by atoms with Gasteiger partial charge in [-0.3, -0.25) is 9.59 Å². The molecule has 0 fully saturated rings. The summed E-state index contributed by atoms with van der Waals surface area (Å²) in [5.74, 6) is -0.272. The molecule has 1 aliphatic rings. The van der Waals surface area contributed by atoms with Gasteiger partial charge in [0, 0.05) is 17.5 Å². The van der Waals surface area contributed by atoms with Gasteiger partial charge in [0.2, 0.25) is 5.91 Å². The summed E-state index contributed by atoms with van der Waals surface area (Å²) in [7, 11) is 0. The molecule has 5 N–H and O–H groups in total. The van der Waals surface area contributed by atoms with E-state index in [1.807, 2.05) is 36.4 Å². The number of benzene rings is 1. The first-order valence-electron chi connectivity index (χ1n) is 9.57. The van der Waals surface area contributed by atoms with Crippen molar-refractivity contribution in [2.24, 2.45) is 5.73 Å². The normalized spacial score (nSPS) is 16.2. The lowest BCUT2D eigenvalue weighted by Gasteiger charge is -2.20. The highest BCUT2D eigenvalue weighted by molar-refractivity contribution is 5.94. The van der Waals surface area contributed by atoms with Gasteiger partial charge in [0.1, 0.15) is 17.6 Å². The Labute approximate surface area is 168 Å². The molecule has 0 radical (unpaired) electrons. The lowest BCUT2D eigenvalue weighted by atomic mass is 10.1. The second-order valence-corrected chi connectivity index (χ2v) is 7.30. The monoisotopic (exact) mass is 389 g/mol. The molecule has 0 unspecified atom stereocenters. The van der Waals surface area contributed by atoms with Crippen molar-refractivity contribution in [1.82, 2.24) is 14.9 Å². The van der Waals surface area contributed by atoms with Crippen molar-refractivity contribution in [2.45, 2.75) is 31.8 Å². The van der Waals surface area contributed by atoms with Gasteiger partial charge in [0.05, 0.1) is 6.04 Å². The maximum Gasteiger partial charge on any atom is 0.265 e. The van der Waals surface area contributed by atoms with E-state index >= 15 is 0 Å². The Bertz CT molecular complexity index is 1070. The number of rotatable bonds is 5. The number of aryl methyl sites for hydroxylation is 1. The number of fused-ring (bicyclic) bond motifs is 1. The second kappa shape index (κ2) is 7.43. The number of amides is 2. The number of anilines is 1. The van der Waals surface area contributed by atoms with Crippen LogP contribution in [-0.2, 0) is 11.2 Å². The van der Waals surface area contributed by atoms with E-state index in [2.05, 4.69) is 10.3 Å². The molecule has 2 aromatic heterocycles. The molecule has 1 aliphatic carbocycles. The number of carbonyl (C=O) groups excluding carboxylic acids is 2. The van der Waals surface area contributed by atoms with Crippen LogP contribution in [0, 0.1) is 0 Å². The first-order valence-corrected chi connectivity index (χ1v) is 9.57. The highest BCUT2D eigenvalue weighted by Gasteiger charge is 2.28. The van der Waals surface area contributed by atoms with Crippen LogP contribution < -0.4 is 16.8 Å². The molecule has 0 aliphatic heterocycles. The van der Waals surface area contributed by atoms with Crippen LogP contribution in [0.2, 0.25) is 0 Å². The Balaban J connectivity index is 1.58. The quantitative estimate of drug-likeness (QED) is 0.622. The third-order valence-electron chi connectivity index (χ3n) is 5.40. The molecular formula is C22H23N5O2. The van der Waals surface area contributed by atoms with Crippen molar-refractivity contribution >= 4 is 17.6 Å². The van der Waals surface area contributed by atoms with E-state index in [0.29, 0.717) is 11.5 Å². The molecule has 4 rings (SSSR count). The predicted octanol–water partition coefficient (Wildman–Crippen LogP) is 2.60. The fourth-order valence-corrected chi connectivity index (χ4v) is 3.84. The molecule has 7 heteroatoms. The number of nitrogens with zero attached hydrogens (tertiary/aromatic N) is 2. The lowest BCUT2D eigenvalue weighted by molar-refractivity contribution is -0.124. The van der Waals surface area contributed by atoms with E-state index in [1.165, 1.54) is 0 Å². The fourth-order valence-electron chi connectivity index (χ4n) is 3.84. The number of carbonyl (C=O) groups is 2. The Morgan fingerprint density at radius 2 is 1.93 bits per heavy atom. The van der Waals surface area contributed by atoms with Crippen molar-refractivity contribution in [1.29, 1.82) is 0 Å². The van der Waals surface area contributed by atoms with Crippen LogP contribution in [0.25, 0.3) is 11.1 Å². The maximum atomic E-state index is 13.0. The van der Waals surface area contributed by atoms with Crippen LogP contribution in [0.4, 0.5) is 5.82 Å². The highest BCUT2D eigenvalue weighted by Crippen LogP contribution is 2.31. The summed E-state index contributed by atoms with van der Waals surface area (Å²) < 4.78 is 1.64. The third-order valence-corrected chi connectivity index (χ3v) is 5.40. The first-order chi connectivity index (χ1) is 13.9. The SMILES string of the molecule is C[C@@H](C(=O)N[C@H]1CCc2nc(N)ccc21)n1cc(-c2ccccc2)cc1C(N)=O. The zero-order valence-corrected chi connectivity index (χ0v) is 16.1. The van der Waals surface area contributed by atoms with Gasteiger partial charge in [-0.05, 0) is 43.0 Å². The molecule has 0 saturated carbocycles. The number of hydrogen-bond acceptors (Lipinski definition) is 4. The molecule has 3 aromatic rings. The van der Waals surface area contributed by atoms with Crippen LogP contribution in [0.1, 0.15) is 47.2 Å². The van der Waals surface area contributed by atoms with E-state index in [1.54, 1.807) is 29.8 Å². The van der Waals surface area contributed by atoms with Gasteiger partial charge < -0.3 is 21.4 Å². The summed E-state index contributed by atoms with van der Waals surface area (Å²) in [6.45, 7) is 1.76. The van der Waals surface area contributed by atoms with Crippen molar-refractivity contribution in [3.8, 4) is 11.1 Å². The minimum atomic E-state index is -0.597. The van der Waals surface area contributed by atoms with Crippen molar-refractivity contribution in [2.75, 3.05) is 5.73 Å². The number of nitrogens with one attached hydrogen (secondary N) is 1. The summed E-state index contributed by atoms with van der Waals surface area (Å²) in [6, 6.07) is 14.3. The van der Waals surface area contributed by atoms with E-state index in [0.717, 1.165) is 35.2 Å². The number of nitrogen functional groups attached to an aromatic ring is 1. The van der Waals surface area contributed by atoms with Crippen molar-refractivity contribution in [3.05, 3.63) is 71.7 Å². The largest absolute Gasteiger partial charge is 0.384 e. The minimum absolute atomic E-state index is 0.116. The van der Waals surface area contributed by atoms with Gasteiger partial charge in [-0.25, -0.2) is 4.98 Å². The molecule has 148 valence electrons. The molecule has 7 nitrogen and oxygen atoms in total. The van der Waals surface area contributed by atoms with Gasteiger partial charge in [-0.2, -0.15) is 0 Å². The van der Waals surface area contributed by atoms with E-state index in [9.17, 15) is 9.59 Å². The Hall–Kier alpha value is -3.61. The number of primary amides is 1. The van der Waals surface area contributed by atoms with Crippen LogP contribution in [-0.4, -0.2) is 21.4 Å². The summed E-state index contributed by atoms with van der Waals surface area (Å²) >= 11 is 0. The Morgan fingerprint density at radius 1 is 1.17 bits per heavy atom. The summed E-state index contributed by atoms with van der Waals surface area (Å²) in [5.41, 5.74) is 15.3. The van der Waals surface area contributed by atoms with Crippen molar-refractivity contribution < 1.29 is 9.59 Å². The van der Waals surface area contributed by atoms with Crippen LogP contribution in [0.15, 0.2) is 54.7 Å². The molecule has 0 spiro atoms. The molecule has 1 aromatic carbocycles. The van der Waals surface area contributed by atoms with Crippen molar-refractivity contribution in [3.63, 3.8) is 0 Å². The molecule has 2 atom stereocenters. The molecule has 2 amide bonds. The molecule has 2 heterocycles. The lowest BCUT2D eigenvalue weighted by Crippen LogP contribution is -2.34. The standard InChI is InChI=1S/C22H23N5O2/c1-13(22(29)26-18-9-8-17-16(18)7-10-20(23)25-17)27-12-15(11-19(27)21(24)28)14-5-3-2-4-6-14/h2-7,10-13,18H,8-9H2,1H3,(H2,23,25)(H2,24,28)(H,26,29)/t13-,18-/m0/s1. The number of hydrogen-bond donors (Lipinski definition) is 3. The number of nitrogens with two attached hydrogens (primary N) is 2. The van der Waals surface area contributed by atoms with Crippen LogP contribution >= 0.6 is 0 Å². The van der Waals surface area contributed by atoms with E-state index in [-0.39, 0.29) is 11.9 Å². The van der Waals surface area contributed by atoms with Gasteiger partial charge >= 0.3 is 0 Å². The number of aromatic nitrogens is 2. The first kappa shape index (κ1) is 18.7. The molecular weight excluding hydrogens is 366 g/mol. The average molecular weight is 389 g/mol. The summed E-state index contributed by atoms with van der Waals surface area (Å²) in [6.07, 6.45) is 3.34. The number of pyridine rings is 1. The van der Waals surface area contributed by atoms with Crippen LogP contribution in [0.5, 0.6) is 0 Å². The summed E-state index contributed by atoms with van der Waals surface area (Å²) in [4.78, 5) is 29.3. The fraction of sp³-hybridized carbons (Fsp3) is 0.227. The highest BCUT2D eigenvalue weighted by atomic mass is 16.2. The van der Waals surface area contributed by atoms with Gasteiger partial charge in [0.25, 0.3) is 5.91 Å². The zero-order chi connectivity index (χ0) is 20.5. The van der Waals surface area contributed by atoms with Crippen LogP contribution in [0.3, 0.4) is 0 Å². The molecule has 0 saturated heterocycles. The van der Waals surface area contributed by atoms with E-state index in [4.69, 9.17) is 11.5 Å². The summed E-state index contributed by atoms with van der Waals surface area (Å²) in [5, 5.41) is 3.08. The predicted molar refractivity (Wildman–Crippen MR) is 111 cm³/mol. The van der Waals surface area contributed by atoms with E-state index < -0.39 is 11.9 Å². The Morgan fingerprint density at radius 3 is 2.66 bits per heavy atom. The average Bonchev–Trinajstić information content (AvgIpc) is 3.32. The maximum absolute atomic E-state index is 13.0. The molecule has 0 bridgehead atoms. The third kappa shape index (κ3) is 3.59. The minimum Gasteiger partial charge on any atom is -0.384 e. The zero-order valence-electron chi connectivity index (χ0n) is 16.1. The van der Waals surface area contributed by atoms with Gasteiger partial charge in [-0.15, -0.1) is 0 Å². The van der Waals surface area contributed by atoms with Gasteiger partial charge in [-0.1, -0.05) is 36.4 Å².